The van der Waals surface area contributed by atoms with Crippen molar-refractivity contribution in [3.8, 4) is 0 Å². The zero-order chi connectivity index (χ0) is 27.2. The molecule has 1 heterocycles. The number of ether oxygens (including phenoxy) is 3. The fourth-order valence-electron chi connectivity index (χ4n) is 9.16. The third-order valence-corrected chi connectivity index (χ3v) is 17.6. The molecule has 10 atom stereocenters. The van der Waals surface area contributed by atoms with Gasteiger partial charge in [0.05, 0.1) is 12.2 Å². The van der Waals surface area contributed by atoms with Gasteiger partial charge in [0.25, 0.3) is 0 Å². The van der Waals surface area contributed by atoms with Crippen LogP contribution in [0.3, 0.4) is 0 Å². The molecule has 5 aliphatic rings. The number of hydrogen-bond donors (Lipinski definition) is 0. The van der Waals surface area contributed by atoms with Crippen molar-refractivity contribution in [2.24, 2.45) is 34.5 Å². The summed E-state index contributed by atoms with van der Waals surface area (Å²) in [6.07, 6.45) is 11.3. The smallest absolute Gasteiger partial charge is 0.219 e. The zero-order valence-electron chi connectivity index (χ0n) is 25.0. The second-order valence-corrected chi connectivity index (χ2v) is 21.6. The Hall–Kier alpha value is 0.337. The molecule has 4 nitrogen and oxygen atoms in total. The van der Waals surface area contributed by atoms with Crippen LogP contribution in [0.1, 0.15) is 93.4 Å². The topological polar surface area (TPSA) is 36.9 Å². The van der Waals surface area contributed by atoms with Crippen LogP contribution in [0.25, 0.3) is 0 Å². The summed E-state index contributed by atoms with van der Waals surface area (Å²) in [5, 5.41) is 0.233. The minimum Gasteiger partial charge on any atom is -0.475 e. The highest BCUT2D eigenvalue weighted by Gasteiger charge is 2.69. The largest absolute Gasteiger partial charge is 0.475 e. The SMILES string of the molecule is CSC(=S)OC1CCC2C3C4OC(C)(C)OC4C4CC(O[Si](C)(C)C(C)(C)C)CC[C@]4(C)C3CC[C@]12C. The molecule has 4 aliphatic carbocycles. The van der Waals surface area contributed by atoms with E-state index >= 15 is 0 Å². The fraction of sp³-hybridized carbons (Fsp3) is 0.967. The number of thioether (sulfide) groups is 1. The van der Waals surface area contributed by atoms with Crippen LogP contribution in [0.15, 0.2) is 0 Å². The molecule has 0 spiro atoms. The van der Waals surface area contributed by atoms with Gasteiger partial charge in [-0.25, -0.2) is 0 Å². The molecule has 0 N–H and O–H groups in total. The quantitative estimate of drug-likeness (QED) is 0.252. The summed E-state index contributed by atoms with van der Waals surface area (Å²) in [6.45, 7) is 21.2. The predicted octanol–water partition coefficient (Wildman–Crippen LogP) is 8.19. The van der Waals surface area contributed by atoms with Crippen LogP contribution >= 0.6 is 24.0 Å². The number of hydrogen-bond acceptors (Lipinski definition) is 6. The Balaban J connectivity index is 1.44. The van der Waals surface area contributed by atoms with Crippen LogP contribution in [0.4, 0.5) is 0 Å². The number of fused-ring (bicyclic) bond motifs is 8. The van der Waals surface area contributed by atoms with Gasteiger partial charge < -0.3 is 18.6 Å². The fourth-order valence-corrected chi connectivity index (χ4v) is 10.9. The van der Waals surface area contributed by atoms with Crippen molar-refractivity contribution in [1.29, 1.82) is 0 Å². The van der Waals surface area contributed by atoms with E-state index in [9.17, 15) is 0 Å². The maximum Gasteiger partial charge on any atom is 0.219 e. The first-order valence-electron chi connectivity index (χ1n) is 14.8. The van der Waals surface area contributed by atoms with Crippen LogP contribution in [-0.4, -0.2) is 49.2 Å². The molecule has 0 radical (unpaired) electrons. The Morgan fingerprint density at radius 2 is 1.51 bits per heavy atom. The molecule has 0 aromatic rings. The maximum atomic E-state index is 7.03. The lowest BCUT2D eigenvalue weighted by molar-refractivity contribution is -0.190. The Bertz CT molecular complexity index is 903. The monoisotopic (exact) mass is 568 g/mol. The van der Waals surface area contributed by atoms with Crippen molar-refractivity contribution in [3.05, 3.63) is 0 Å². The van der Waals surface area contributed by atoms with E-state index < -0.39 is 14.1 Å². The minimum absolute atomic E-state index is 0.154. The van der Waals surface area contributed by atoms with E-state index in [1.54, 1.807) is 11.8 Å². The number of thiocarbonyl (C=S) groups is 1. The van der Waals surface area contributed by atoms with E-state index in [1.807, 2.05) is 6.26 Å². The first-order chi connectivity index (χ1) is 17.0. The Morgan fingerprint density at radius 1 is 0.892 bits per heavy atom. The summed E-state index contributed by atoms with van der Waals surface area (Å²) in [5.74, 6) is 1.77. The van der Waals surface area contributed by atoms with Gasteiger partial charge >= 0.3 is 0 Å². The molecule has 0 aromatic heterocycles. The number of rotatable bonds is 3. The van der Waals surface area contributed by atoms with Crippen molar-refractivity contribution in [2.45, 2.75) is 142 Å². The molecule has 212 valence electrons. The third kappa shape index (κ3) is 4.71. The molecule has 8 unspecified atom stereocenters. The predicted molar refractivity (Wildman–Crippen MR) is 159 cm³/mol. The van der Waals surface area contributed by atoms with E-state index in [4.69, 9.17) is 30.9 Å². The van der Waals surface area contributed by atoms with Gasteiger partial charge in [-0.05, 0) is 124 Å². The molecular weight excluding hydrogens is 517 g/mol. The molecule has 5 fully saturated rings. The van der Waals surface area contributed by atoms with Gasteiger partial charge in [-0.1, -0.05) is 46.4 Å². The van der Waals surface area contributed by atoms with Gasteiger partial charge in [0, 0.05) is 11.5 Å². The summed E-state index contributed by atoms with van der Waals surface area (Å²) in [7, 11) is -1.82. The molecule has 1 aliphatic heterocycles. The Kier molecular flexibility index (Phi) is 7.36. The van der Waals surface area contributed by atoms with E-state index in [2.05, 4.69) is 61.6 Å². The van der Waals surface area contributed by atoms with Crippen LogP contribution in [0, 0.1) is 34.5 Å². The first kappa shape index (κ1) is 28.9. The van der Waals surface area contributed by atoms with Crippen molar-refractivity contribution in [2.75, 3.05) is 6.26 Å². The lowest BCUT2D eigenvalue weighted by Crippen LogP contribution is -2.64. The molecule has 0 aromatic carbocycles. The van der Waals surface area contributed by atoms with Crippen LogP contribution in [-0.2, 0) is 18.6 Å². The molecule has 5 rings (SSSR count). The van der Waals surface area contributed by atoms with E-state index in [0.717, 1.165) is 12.8 Å². The van der Waals surface area contributed by atoms with E-state index in [-0.39, 0.29) is 34.2 Å². The molecule has 0 amide bonds. The van der Waals surface area contributed by atoms with Gasteiger partial charge in [-0.2, -0.15) is 0 Å². The van der Waals surface area contributed by atoms with E-state index in [1.165, 1.54) is 32.1 Å². The molecular formula is C30H52O4S2Si. The molecule has 7 heteroatoms. The van der Waals surface area contributed by atoms with E-state index in [0.29, 0.717) is 34.2 Å². The minimum atomic E-state index is -1.82. The second-order valence-electron chi connectivity index (χ2n) is 15.4. The van der Waals surface area contributed by atoms with Gasteiger partial charge in [0.2, 0.25) is 4.38 Å². The third-order valence-electron chi connectivity index (χ3n) is 12.1. The molecule has 4 saturated carbocycles. The molecule has 1 saturated heterocycles. The van der Waals surface area contributed by atoms with Gasteiger partial charge in [-0.3, -0.25) is 0 Å². The van der Waals surface area contributed by atoms with Crippen LogP contribution < -0.4 is 0 Å². The summed E-state index contributed by atoms with van der Waals surface area (Å²) in [4.78, 5) is 0. The molecule has 0 bridgehead atoms. The normalized spacial score (nSPS) is 47.0. The average Bonchev–Trinajstić information content (AvgIpc) is 3.29. The van der Waals surface area contributed by atoms with Crippen molar-refractivity contribution >= 4 is 36.7 Å². The summed E-state index contributed by atoms with van der Waals surface area (Å²) < 4.78 is 27.8. The summed E-state index contributed by atoms with van der Waals surface area (Å²) >= 11 is 7.07. The average molecular weight is 569 g/mol. The van der Waals surface area contributed by atoms with Crippen LogP contribution in [0.2, 0.25) is 18.1 Å². The van der Waals surface area contributed by atoms with Gasteiger partial charge in [-0.15, -0.1) is 0 Å². The van der Waals surface area contributed by atoms with Crippen molar-refractivity contribution < 1.29 is 18.6 Å². The highest BCUT2D eigenvalue weighted by Crippen LogP contribution is 2.69. The highest BCUT2D eigenvalue weighted by molar-refractivity contribution is 8.22. The lowest BCUT2D eigenvalue weighted by Gasteiger charge is -2.63. The Labute approximate surface area is 237 Å². The van der Waals surface area contributed by atoms with Crippen molar-refractivity contribution in [3.63, 3.8) is 0 Å². The first-order valence-corrected chi connectivity index (χ1v) is 19.3. The Morgan fingerprint density at radius 3 is 2.16 bits per heavy atom. The highest BCUT2D eigenvalue weighted by atomic mass is 32.2. The molecule has 37 heavy (non-hydrogen) atoms. The van der Waals surface area contributed by atoms with Crippen LogP contribution in [0.5, 0.6) is 0 Å². The van der Waals surface area contributed by atoms with Gasteiger partial charge in [0.1, 0.15) is 6.10 Å². The van der Waals surface area contributed by atoms with Gasteiger partial charge in [0.15, 0.2) is 14.1 Å². The second kappa shape index (κ2) is 9.44. The summed E-state index contributed by atoms with van der Waals surface area (Å²) in [5.41, 5.74) is 0.436. The zero-order valence-corrected chi connectivity index (χ0v) is 27.7. The van der Waals surface area contributed by atoms with Crippen molar-refractivity contribution in [1.82, 2.24) is 0 Å². The lowest BCUT2D eigenvalue weighted by atomic mass is 9.43. The standard InChI is InChI=1S/C30H52O4S2Si/c1-27(2,3)37(9,10)34-18-13-15-29(6)20-14-16-30(7)19(11-12-22(30)31-26(35)36-8)23(20)25-24(21(29)17-18)32-28(4,5)33-25/h18-25H,11-17H2,1-10H3/t18?,19?,20?,21?,22?,23?,24?,25?,29-,30+/m1/s1. The summed E-state index contributed by atoms with van der Waals surface area (Å²) in [6, 6.07) is 0. The maximum absolute atomic E-state index is 7.03.